The average Bonchev–Trinajstić information content (AvgIpc) is 1.93. The van der Waals surface area contributed by atoms with Crippen LogP contribution in [0.1, 0.15) is 0 Å². The van der Waals surface area contributed by atoms with Crippen LogP contribution in [0.5, 0.6) is 0 Å². The van der Waals surface area contributed by atoms with Crippen molar-refractivity contribution >= 4 is 31.5 Å². The van der Waals surface area contributed by atoms with E-state index >= 15 is 0 Å². The van der Waals surface area contributed by atoms with Crippen molar-refractivity contribution in [3.05, 3.63) is 0 Å². The second-order valence-electron chi connectivity index (χ2n) is 1.33. The summed E-state index contributed by atoms with van der Waals surface area (Å²) in [5, 5.41) is 0. The van der Waals surface area contributed by atoms with Gasteiger partial charge in [-0.05, 0) is 6.04 Å². The van der Waals surface area contributed by atoms with Crippen molar-refractivity contribution in [2.75, 3.05) is 6.38 Å². The summed E-state index contributed by atoms with van der Waals surface area (Å²) in [6.45, 7) is 0. The zero-order valence-electron chi connectivity index (χ0n) is 5.46. The van der Waals surface area contributed by atoms with Gasteiger partial charge in [-0.3, -0.25) is 0 Å². The van der Waals surface area contributed by atoms with Crippen LogP contribution in [0.15, 0.2) is 0 Å². The molecule has 0 nitrogen and oxygen atoms in total. The minimum absolute atomic E-state index is 0.126. The molecule has 0 aliphatic heterocycles. The highest BCUT2D eigenvalue weighted by molar-refractivity contribution is 6.93. The van der Waals surface area contributed by atoms with Crippen LogP contribution in [0, 0.1) is 0 Å². The summed E-state index contributed by atoms with van der Waals surface area (Å²) in [5.74, 6) is 0. The first-order valence-electron chi connectivity index (χ1n) is 2.54. The first-order valence-corrected chi connectivity index (χ1v) is 6.44. The third-order valence-corrected chi connectivity index (χ3v) is 2.08. The van der Waals surface area contributed by atoms with Crippen molar-refractivity contribution < 1.29 is 13.2 Å². The van der Waals surface area contributed by atoms with Crippen LogP contribution in [-0.4, -0.2) is 27.8 Å². The standard InChI is InChI=1S/C3H6ClF3Si.CH3Cl/c4-8-1-2(5)3(6)7;1-2/h2-3H,1,8H2;1H3. The van der Waals surface area contributed by atoms with Crippen LogP contribution in [0.4, 0.5) is 13.2 Å². The van der Waals surface area contributed by atoms with Crippen LogP contribution in [0.3, 0.4) is 0 Å². The van der Waals surface area contributed by atoms with Gasteiger partial charge in [0, 0.05) is 6.38 Å². The summed E-state index contributed by atoms with van der Waals surface area (Å²) in [6, 6.07) is -0.126. The van der Waals surface area contributed by atoms with Gasteiger partial charge in [-0.1, -0.05) is 0 Å². The van der Waals surface area contributed by atoms with Crippen LogP contribution in [0.2, 0.25) is 6.04 Å². The molecule has 0 aliphatic rings. The second kappa shape index (κ2) is 9.59. The topological polar surface area (TPSA) is 0 Å². The Morgan fingerprint density at radius 2 is 1.70 bits per heavy atom. The molecule has 0 saturated heterocycles. The Balaban J connectivity index is 0. The molecule has 0 aliphatic carbocycles. The van der Waals surface area contributed by atoms with Gasteiger partial charge in [0.2, 0.25) is 0 Å². The largest absolute Gasteiger partial charge is 0.269 e. The summed E-state index contributed by atoms with van der Waals surface area (Å²) < 4.78 is 34.1. The average molecular weight is 213 g/mol. The third kappa shape index (κ3) is 8.59. The Kier molecular flexibility index (Phi) is 12.7. The molecule has 0 spiro atoms. The van der Waals surface area contributed by atoms with Crippen molar-refractivity contribution in [1.82, 2.24) is 0 Å². The van der Waals surface area contributed by atoms with Crippen molar-refractivity contribution in [2.24, 2.45) is 0 Å². The maximum Gasteiger partial charge on any atom is 0.269 e. The van der Waals surface area contributed by atoms with Crippen LogP contribution < -0.4 is 0 Å². The van der Waals surface area contributed by atoms with Crippen LogP contribution in [0.25, 0.3) is 0 Å². The fourth-order valence-electron chi connectivity index (χ4n) is 0.230. The minimum atomic E-state index is -2.85. The lowest BCUT2D eigenvalue weighted by Crippen LogP contribution is -2.11. The van der Waals surface area contributed by atoms with Crippen molar-refractivity contribution in [2.45, 2.75) is 18.6 Å². The van der Waals surface area contributed by atoms with E-state index in [1.165, 1.54) is 6.38 Å². The number of hydrogen-bond donors (Lipinski definition) is 0. The van der Waals surface area contributed by atoms with Gasteiger partial charge >= 0.3 is 0 Å². The van der Waals surface area contributed by atoms with Crippen molar-refractivity contribution in [1.29, 1.82) is 0 Å². The fourth-order valence-corrected chi connectivity index (χ4v) is 1.32. The highest BCUT2D eigenvalue weighted by Gasteiger charge is 2.17. The highest BCUT2D eigenvalue weighted by Crippen LogP contribution is 2.09. The molecular formula is C4H9Cl2F3Si. The highest BCUT2D eigenvalue weighted by atomic mass is 35.6. The quantitative estimate of drug-likeness (QED) is 0.383. The number of halogens is 5. The summed E-state index contributed by atoms with van der Waals surface area (Å²) in [6.07, 6.45) is -3.36. The molecule has 0 N–H and O–H groups in total. The van der Waals surface area contributed by atoms with Crippen molar-refractivity contribution in [3.8, 4) is 0 Å². The predicted octanol–water partition coefficient (Wildman–Crippen LogP) is 2.19. The maximum absolute atomic E-state index is 11.7. The predicted molar refractivity (Wildman–Crippen MR) is 41.9 cm³/mol. The van der Waals surface area contributed by atoms with E-state index in [2.05, 4.69) is 11.6 Å². The van der Waals surface area contributed by atoms with E-state index in [9.17, 15) is 13.2 Å². The Bertz CT molecular complexity index is 64.5. The van der Waals surface area contributed by atoms with Gasteiger partial charge in [-0.25, -0.2) is 13.2 Å². The Hall–Kier alpha value is 0.587. The van der Waals surface area contributed by atoms with E-state index in [1.54, 1.807) is 0 Å². The molecule has 0 rings (SSSR count). The van der Waals surface area contributed by atoms with Gasteiger partial charge in [-0.15, -0.1) is 11.6 Å². The van der Waals surface area contributed by atoms with Crippen LogP contribution >= 0.6 is 22.7 Å². The minimum Gasteiger partial charge on any atom is -0.241 e. The number of rotatable bonds is 3. The molecule has 0 saturated carbocycles. The number of hydrogen-bond acceptors (Lipinski definition) is 0. The van der Waals surface area contributed by atoms with Gasteiger partial charge in [0.1, 0.15) is 8.83 Å². The van der Waals surface area contributed by atoms with Gasteiger partial charge < -0.3 is 0 Å². The Morgan fingerprint density at radius 3 is 1.80 bits per heavy atom. The molecule has 0 radical (unpaired) electrons. The van der Waals surface area contributed by atoms with Gasteiger partial charge in [0.05, 0.1) is 0 Å². The van der Waals surface area contributed by atoms with E-state index in [0.717, 1.165) is 0 Å². The second-order valence-corrected chi connectivity index (χ2v) is 3.42. The molecule has 1 atom stereocenters. The molecule has 0 fully saturated rings. The molecule has 10 heavy (non-hydrogen) atoms. The van der Waals surface area contributed by atoms with E-state index < -0.39 is 21.4 Å². The number of alkyl halides is 4. The smallest absolute Gasteiger partial charge is 0.241 e. The first-order chi connectivity index (χ1) is 4.68. The zero-order chi connectivity index (χ0) is 8.57. The van der Waals surface area contributed by atoms with E-state index in [-0.39, 0.29) is 6.04 Å². The molecule has 0 bridgehead atoms. The molecule has 0 heterocycles. The molecular weight excluding hydrogens is 204 g/mol. The normalized spacial score (nSPS) is 13.5. The third-order valence-electron chi connectivity index (χ3n) is 0.658. The maximum atomic E-state index is 11.7. The molecule has 1 unspecified atom stereocenters. The lowest BCUT2D eigenvalue weighted by molar-refractivity contribution is 0.0605. The van der Waals surface area contributed by atoms with E-state index in [0.29, 0.717) is 0 Å². The Morgan fingerprint density at radius 1 is 1.30 bits per heavy atom. The SMILES string of the molecule is CCl.FC(F)C(F)C[SiH2]Cl. The summed E-state index contributed by atoms with van der Waals surface area (Å²) >= 11 is 9.74. The molecule has 0 aromatic carbocycles. The summed E-state index contributed by atoms with van der Waals surface area (Å²) in [4.78, 5) is 0. The monoisotopic (exact) mass is 212 g/mol. The Labute approximate surface area is 70.2 Å². The zero-order valence-corrected chi connectivity index (χ0v) is 8.38. The van der Waals surface area contributed by atoms with Gasteiger partial charge in [0.25, 0.3) is 6.43 Å². The molecule has 0 aromatic rings. The molecule has 6 heteroatoms. The van der Waals surface area contributed by atoms with Gasteiger partial charge in [0.15, 0.2) is 6.17 Å². The lowest BCUT2D eigenvalue weighted by atomic mass is 10.5. The molecule has 64 valence electrons. The van der Waals surface area contributed by atoms with E-state index in [4.69, 9.17) is 11.1 Å². The van der Waals surface area contributed by atoms with Crippen LogP contribution in [-0.2, 0) is 0 Å². The van der Waals surface area contributed by atoms with E-state index in [1.807, 2.05) is 0 Å². The molecule has 0 amide bonds. The lowest BCUT2D eigenvalue weighted by Gasteiger charge is -2.00. The molecule has 0 aromatic heterocycles. The summed E-state index contributed by atoms with van der Waals surface area (Å²) in [7, 11) is -1.06. The fraction of sp³-hybridized carbons (Fsp3) is 1.00. The van der Waals surface area contributed by atoms with Gasteiger partial charge in [-0.2, -0.15) is 11.1 Å². The first kappa shape index (κ1) is 13.2. The van der Waals surface area contributed by atoms with Crippen molar-refractivity contribution in [3.63, 3.8) is 0 Å². The summed E-state index contributed by atoms with van der Waals surface area (Å²) in [5.41, 5.74) is 0.